The van der Waals surface area contributed by atoms with Crippen molar-refractivity contribution in [2.24, 2.45) is 0 Å². The van der Waals surface area contributed by atoms with Gasteiger partial charge in [-0.1, -0.05) is 18.2 Å². The van der Waals surface area contributed by atoms with E-state index >= 15 is 0 Å². The molecule has 0 unspecified atom stereocenters. The number of carbonyl (C=O) groups is 2. The molecule has 1 atom stereocenters. The van der Waals surface area contributed by atoms with Crippen LogP contribution in [0.4, 0.5) is 10.5 Å². The largest absolute Gasteiger partial charge is 0.548 e. The number of urea groups is 1. The molecule has 1 heterocycles. The Morgan fingerprint density at radius 3 is 2.71 bits per heavy atom. The van der Waals surface area contributed by atoms with E-state index in [0.717, 1.165) is 0 Å². The maximum absolute atomic E-state index is 11.8. The highest BCUT2D eigenvalue weighted by molar-refractivity contribution is 7.99. The Morgan fingerprint density at radius 2 is 2.06 bits per heavy atom. The van der Waals surface area contributed by atoms with Gasteiger partial charge in [-0.05, 0) is 12.1 Å². The predicted molar refractivity (Wildman–Crippen MR) is 63.4 cm³/mol. The van der Waals surface area contributed by atoms with Gasteiger partial charge in [0.05, 0.1) is 17.9 Å². The molecule has 90 valence electrons. The Bertz CT molecular complexity index is 424. The summed E-state index contributed by atoms with van der Waals surface area (Å²) in [4.78, 5) is 23.9. The van der Waals surface area contributed by atoms with Crippen LogP contribution < -0.4 is 10.4 Å². The van der Waals surface area contributed by atoms with Gasteiger partial charge in [0, 0.05) is 11.4 Å². The lowest BCUT2D eigenvalue weighted by atomic mass is 10.3. The van der Waals surface area contributed by atoms with E-state index in [2.05, 4.69) is 5.32 Å². The monoisotopic (exact) mass is 251 g/mol. The summed E-state index contributed by atoms with van der Waals surface area (Å²) in [6.45, 7) is 0. The second-order valence-corrected chi connectivity index (χ2v) is 4.60. The second kappa shape index (κ2) is 5.09. The number of amides is 2. The first-order valence-corrected chi connectivity index (χ1v) is 6.25. The number of nitrogens with zero attached hydrogens (tertiary/aromatic N) is 1. The number of carbonyl (C=O) groups excluding carboxylic acids is 2. The average Bonchev–Trinajstić information content (AvgIpc) is 2.79. The Morgan fingerprint density at radius 1 is 1.35 bits per heavy atom. The van der Waals surface area contributed by atoms with Gasteiger partial charge in [0.15, 0.2) is 0 Å². The molecular weight excluding hydrogens is 240 g/mol. The van der Waals surface area contributed by atoms with E-state index in [1.54, 1.807) is 24.3 Å². The van der Waals surface area contributed by atoms with Gasteiger partial charge in [-0.15, -0.1) is 11.8 Å². The minimum atomic E-state index is -1.21. The highest BCUT2D eigenvalue weighted by Crippen LogP contribution is 2.21. The van der Waals surface area contributed by atoms with Gasteiger partial charge in [-0.25, -0.2) is 4.79 Å². The number of hydrogen-bond acceptors (Lipinski definition) is 4. The number of aliphatic carboxylic acids is 1. The number of anilines is 1. The molecule has 1 fully saturated rings. The van der Waals surface area contributed by atoms with E-state index in [0.29, 0.717) is 17.3 Å². The predicted octanol–water partition coefficient (Wildman–Crippen LogP) is 0.343. The fourth-order valence-corrected chi connectivity index (χ4v) is 2.69. The van der Waals surface area contributed by atoms with Crippen LogP contribution in [0.5, 0.6) is 0 Å². The molecule has 1 aromatic rings. The van der Waals surface area contributed by atoms with Crippen LogP contribution in [0, 0.1) is 0 Å². The van der Waals surface area contributed by atoms with Crippen molar-refractivity contribution in [2.75, 3.05) is 16.9 Å². The van der Waals surface area contributed by atoms with Crippen molar-refractivity contribution in [1.29, 1.82) is 0 Å². The van der Waals surface area contributed by atoms with Crippen molar-refractivity contribution in [3.05, 3.63) is 30.3 Å². The Kier molecular flexibility index (Phi) is 3.53. The molecule has 1 aromatic carbocycles. The van der Waals surface area contributed by atoms with Crippen LogP contribution in [-0.2, 0) is 4.79 Å². The zero-order chi connectivity index (χ0) is 12.3. The number of carboxylic acid groups (broad SMARTS) is 1. The molecule has 1 saturated heterocycles. The van der Waals surface area contributed by atoms with Gasteiger partial charge in [-0.3, -0.25) is 0 Å². The normalized spacial score (nSPS) is 19.1. The summed E-state index contributed by atoms with van der Waals surface area (Å²) >= 11 is 1.40. The molecule has 5 nitrogen and oxygen atoms in total. The number of benzene rings is 1. The molecule has 0 bridgehead atoms. The summed E-state index contributed by atoms with van der Waals surface area (Å²) in [6, 6.07) is 7.67. The standard InChI is InChI=1S/C11H12N2O3S/c14-10(15)9-6-17-7-13(9)11(16)12-8-4-2-1-3-5-8/h1-5,9H,6-7H2,(H,12,16)(H,14,15)/p-1/t9-/m0/s1. The molecule has 0 spiro atoms. The van der Waals surface area contributed by atoms with Crippen LogP contribution in [0.25, 0.3) is 0 Å². The zero-order valence-corrected chi connectivity index (χ0v) is 9.78. The first kappa shape index (κ1) is 11.8. The molecule has 2 amide bonds. The summed E-state index contributed by atoms with van der Waals surface area (Å²) in [5.74, 6) is -0.458. The Hall–Kier alpha value is -1.69. The average molecular weight is 251 g/mol. The second-order valence-electron chi connectivity index (χ2n) is 3.60. The molecule has 6 heteroatoms. The van der Waals surface area contributed by atoms with Crippen molar-refractivity contribution in [3.63, 3.8) is 0 Å². The first-order chi connectivity index (χ1) is 8.18. The van der Waals surface area contributed by atoms with Crippen molar-refractivity contribution in [1.82, 2.24) is 4.90 Å². The maximum atomic E-state index is 11.8. The molecule has 0 saturated carbocycles. The Balaban J connectivity index is 2.03. The lowest BCUT2D eigenvalue weighted by Crippen LogP contribution is -2.49. The van der Waals surface area contributed by atoms with E-state index in [9.17, 15) is 14.7 Å². The third-order valence-electron chi connectivity index (χ3n) is 2.44. The van der Waals surface area contributed by atoms with E-state index < -0.39 is 18.0 Å². The number of thioether (sulfide) groups is 1. The smallest absolute Gasteiger partial charge is 0.323 e. The van der Waals surface area contributed by atoms with Crippen molar-refractivity contribution in [3.8, 4) is 0 Å². The molecule has 17 heavy (non-hydrogen) atoms. The summed E-state index contributed by atoms with van der Waals surface area (Å²) in [5, 5.41) is 13.5. The molecule has 0 radical (unpaired) electrons. The summed E-state index contributed by atoms with van der Waals surface area (Å²) in [7, 11) is 0. The first-order valence-electron chi connectivity index (χ1n) is 5.10. The van der Waals surface area contributed by atoms with Crippen LogP contribution in [0.1, 0.15) is 0 Å². The SMILES string of the molecule is O=C([O-])[C@@H]1CSCN1C(=O)Nc1ccccc1. The maximum Gasteiger partial charge on any atom is 0.323 e. The van der Waals surface area contributed by atoms with E-state index in [1.807, 2.05) is 6.07 Å². The number of para-hydroxylation sites is 1. The van der Waals surface area contributed by atoms with Gasteiger partial charge in [0.25, 0.3) is 0 Å². The molecule has 1 N–H and O–H groups in total. The number of carboxylic acids is 1. The van der Waals surface area contributed by atoms with Gasteiger partial charge < -0.3 is 20.1 Å². The number of rotatable bonds is 2. The summed E-state index contributed by atoms with van der Waals surface area (Å²) < 4.78 is 0. The molecule has 1 aliphatic rings. The minimum absolute atomic E-state index is 0.372. The van der Waals surface area contributed by atoms with Crippen molar-refractivity contribution < 1.29 is 14.7 Å². The van der Waals surface area contributed by atoms with Crippen LogP contribution in [0.3, 0.4) is 0 Å². The van der Waals surface area contributed by atoms with Crippen LogP contribution in [0.15, 0.2) is 30.3 Å². The van der Waals surface area contributed by atoms with Crippen molar-refractivity contribution in [2.45, 2.75) is 6.04 Å². The molecule has 1 aliphatic heterocycles. The van der Waals surface area contributed by atoms with Crippen LogP contribution in [0.2, 0.25) is 0 Å². The molecule has 2 rings (SSSR count). The Labute approximate surface area is 103 Å². The van der Waals surface area contributed by atoms with Gasteiger partial charge in [0.2, 0.25) is 0 Å². The fraction of sp³-hybridized carbons (Fsp3) is 0.273. The fourth-order valence-electron chi connectivity index (χ4n) is 1.55. The quantitative estimate of drug-likeness (QED) is 0.823. The van der Waals surface area contributed by atoms with Gasteiger partial charge in [-0.2, -0.15) is 0 Å². The zero-order valence-electron chi connectivity index (χ0n) is 8.96. The highest BCUT2D eigenvalue weighted by Gasteiger charge is 2.30. The van der Waals surface area contributed by atoms with E-state index in [-0.39, 0.29) is 0 Å². The topological polar surface area (TPSA) is 72.5 Å². The minimum Gasteiger partial charge on any atom is -0.548 e. The summed E-state index contributed by atoms with van der Waals surface area (Å²) in [5.41, 5.74) is 0.645. The van der Waals surface area contributed by atoms with Crippen LogP contribution in [-0.4, -0.2) is 34.6 Å². The third-order valence-corrected chi connectivity index (χ3v) is 3.45. The summed E-state index contributed by atoms with van der Waals surface area (Å²) in [6.07, 6.45) is 0. The third kappa shape index (κ3) is 2.71. The van der Waals surface area contributed by atoms with Gasteiger partial charge in [0.1, 0.15) is 0 Å². The lowest BCUT2D eigenvalue weighted by Gasteiger charge is -2.24. The van der Waals surface area contributed by atoms with Crippen molar-refractivity contribution >= 4 is 29.4 Å². The molecular formula is C11H11N2O3S-. The van der Waals surface area contributed by atoms with E-state index in [1.165, 1.54) is 16.7 Å². The lowest BCUT2D eigenvalue weighted by molar-refractivity contribution is -0.309. The number of hydrogen-bond donors (Lipinski definition) is 1. The molecule has 0 aliphatic carbocycles. The number of nitrogens with one attached hydrogen (secondary N) is 1. The highest BCUT2D eigenvalue weighted by atomic mass is 32.2. The van der Waals surface area contributed by atoms with Crippen LogP contribution >= 0.6 is 11.8 Å². The van der Waals surface area contributed by atoms with Gasteiger partial charge >= 0.3 is 6.03 Å². The van der Waals surface area contributed by atoms with E-state index in [4.69, 9.17) is 0 Å². The molecule has 0 aromatic heterocycles.